The highest BCUT2D eigenvalue weighted by atomic mass is 32.2. The SMILES string of the molecule is CCN(CC)S(=O)(=O)c1ccc(S(=O)(=O)N2CCCC(C(=O)NC3CNC3)C2)cc1. The first-order chi connectivity index (χ1) is 14.2. The minimum Gasteiger partial charge on any atom is -0.351 e. The van der Waals surface area contributed by atoms with Crippen LogP contribution >= 0.6 is 0 Å². The Bertz CT molecular complexity index is 955. The minimum atomic E-state index is -3.81. The molecule has 0 spiro atoms. The molecule has 2 N–H and O–H groups in total. The molecule has 3 rings (SSSR count). The van der Waals surface area contributed by atoms with E-state index in [2.05, 4.69) is 10.6 Å². The van der Waals surface area contributed by atoms with Crippen LogP contribution in [-0.4, -0.2) is 76.7 Å². The zero-order valence-electron chi connectivity index (χ0n) is 17.4. The van der Waals surface area contributed by atoms with Crippen LogP contribution in [0.15, 0.2) is 34.1 Å². The Kier molecular flexibility index (Phi) is 7.18. The summed E-state index contributed by atoms with van der Waals surface area (Å²) in [6, 6.07) is 5.44. The molecule has 30 heavy (non-hydrogen) atoms. The number of nitrogens with zero attached hydrogens (tertiary/aromatic N) is 2. The molecule has 1 aromatic rings. The van der Waals surface area contributed by atoms with Crippen molar-refractivity contribution in [2.45, 2.75) is 42.5 Å². The Labute approximate surface area is 178 Å². The maximum atomic E-state index is 13.1. The van der Waals surface area contributed by atoms with Crippen LogP contribution in [0.3, 0.4) is 0 Å². The summed E-state index contributed by atoms with van der Waals surface area (Å²) < 4.78 is 54.0. The molecule has 2 saturated heterocycles. The van der Waals surface area contributed by atoms with Gasteiger partial charge in [-0.3, -0.25) is 4.79 Å². The number of rotatable bonds is 8. The second kappa shape index (κ2) is 9.31. The number of carbonyl (C=O) groups excluding carboxylic acids is 1. The lowest BCUT2D eigenvalue weighted by atomic mass is 9.98. The van der Waals surface area contributed by atoms with Gasteiger partial charge in [-0.05, 0) is 37.1 Å². The molecule has 1 unspecified atom stereocenters. The molecule has 2 fully saturated rings. The van der Waals surface area contributed by atoms with E-state index in [1.54, 1.807) is 13.8 Å². The van der Waals surface area contributed by atoms with Crippen molar-refractivity contribution >= 4 is 26.0 Å². The summed E-state index contributed by atoms with van der Waals surface area (Å²) in [6.07, 6.45) is 1.26. The van der Waals surface area contributed by atoms with Gasteiger partial charge in [-0.25, -0.2) is 16.8 Å². The molecular formula is C19H30N4O5S2. The van der Waals surface area contributed by atoms with E-state index in [4.69, 9.17) is 0 Å². The smallest absolute Gasteiger partial charge is 0.243 e. The Morgan fingerprint density at radius 1 is 1.10 bits per heavy atom. The average Bonchev–Trinajstić information content (AvgIpc) is 2.71. The summed E-state index contributed by atoms with van der Waals surface area (Å²) in [5.41, 5.74) is 0. The van der Waals surface area contributed by atoms with Crippen LogP contribution in [0.4, 0.5) is 0 Å². The van der Waals surface area contributed by atoms with Crippen molar-refractivity contribution in [3.05, 3.63) is 24.3 Å². The fraction of sp³-hybridized carbons (Fsp3) is 0.632. The van der Waals surface area contributed by atoms with Gasteiger partial charge in [0.1, 0.15) is 0 Å². The second-order valence-corrected chi connectivity index (χ2v) is 11.5. The standard InChI is InChI=1S/C19H30N4O5S2/c1-3-22(4-2)29(25,26)17-7-9-18(10-8-17)30(27,28)23-11-5-6-15(14-23)19(24)21-16-12-20-13-16/h7-10,15-16,20H,3-6,11-14H2,1-2H3,(H,21,24). The second-order valence-electron chi connectivity index (χ2n) is 7.63. The number of amides is 1. The van der Waals surface area contributed by atoms with Gasteiger partial charge < -0.3 is 10.6 Å². The van der Waals surface area contributed by atoms with Crippen molar-refractivity contribution in [2.75, 3.05) is 39.3 Å². The summed E-state index contributed by atoms with van der Waals surface area (Å²) in [7, 11) is -7.46. The predicted molar refractivity (Wildman–Crippen MR) is 113 cm³/mol. The molecule has 2 heterocycles. The highest BCUT2D eigenvalue weighted by Crippen LogP contribution is 2.25. The van der Waals surface area contributed by atoms with Gasteiger partial charge in [-0.15, -0.1) is 0 Å². The van der Waals surface area contributed by atoms with Gasteiger partial charge in [-0.1, -0.05) is 13.8 Å². The van der Waals surface area contributed by atoms with Crippen molar-refractivity contribution < 1.29 is 21.6 Å². The van der Waals surface area contributed by atoms with Gasteiger partial charge in [0.25, 0.3) is 0 Å². The zero-order valence-corrected chi connectivity index (χ0v) is 19.0. The molecule has 0 saturated carbocycles. The summed E-state index contributed by atoms with van der Waals surface area (Å²) in [5.74, 6) is -0.487. The van der Waals surface area contributed by atoms with Gasteiger partial charge in [0.2, 0.25) is 26.0 Å². The normalized spacial score (nSPS) is 21.4. The van der Waals surface area contributed by atoms with Gasteiger partial charge in [0, 0.05) is 39.3 Å². The van der Waals surface area contributed by atoms with Crippen LogP contribution in [0.25, 0.3) is 0 Å². The number of carbonyl (C=O) groups is 1. The third-order valence-corrected chi connectivity index (χ3v) is 9.63. The highest BCUT2D eigenvalue weighted by Gasteiger charge is 2.34. The molecule has 0 radical (unpaired) electrons. The lowest BCUT2D eigenvalue weighted by Crippen LogP contribution is -2.59. The molecule has 11 heteroatoms. The molecule has 2 aliphatic heterocycles. The number of sulfonamides is 2. The van der Waals surface area contributed by atoms with E-state index in [-0.39, 0.29) is 34.2 Å². The van der Waals surface area contributed by atoms with E-state index in [1.807, 2.05) is 0 Å². The molecule has 1 amide bonds. The Balaban J connectivity index is 1.73. The first kappa shape index (κ1) is 23.1. The van der Waals surface area contributed by atoms with Gasteiger partial charge in [0.15, 0.2) is 0 Å². The molecule has 0 aromatic heterocycles. The van der Waals surface area contributed by atoms with Crippen LogP contribution in [-0.2, 0) is 24.8 Å². The van der Waals surface area contributed by atoms with Gasteiger partial charge in [0.05, 0.1) is 21.8 Å². The maximum absolute atomic E-state index is 13.1. The molecule has 9 nitrogen and oxygen atoms in total. The third-order valence-electron chi connectivity index (χ3n) is 5.69. The van der Waals surface area contributed by atoms with Crippen LogP contribution in [0.2, 0.25) is 0 Å². The highest BCUT2D eigenvalue weighted by molar-refractivity contribution is 7.89. The van der Waals surface area contributed by atoms with E-state index in [1.165, 1.54) is 32.9 Å². The maximum Gasteiger partial charge on any atom is 0.243 e. The molecule has 0 aliphatic carbocycles. The quantitative estimate of drug-likeness (QED) is 0.575. The molecule has 0 bridgehead atoms. The average molecular weight is 459 g/mol. The molecule has 168 valence electrons. The topological polar surface area (TPSA) is 116 Å². The van der Waals surface area contributed by atoms with E-state index < -0.39 is 20.0 Å². The van der Waals surface area contributed by atoms with Gasteiger partial charge in [-0.2, -0.15) is 8.61 Å². The van der Waals surface area contributed by atoms with Crippen LogP contribution in [0, 0.1) is 5.92 Å². The molecule has 2 aliphatic rings. The Morgan fingerprint density at radius 2 is 1.70 bits per heavy atom. The fourth-order valence-electron chi connectivity index (χ4n) is 3.73. The summed E-state index contributed by atoms with van der Waals surface area (Å²) >= 11 is 0. The van der Waals surface area contributed by atoms with E-state index in [0.717, 1.165) is 13.1 Å². The lowest BCUT2D eigenvalue weighted by molar-refractivity contribution is -0.127. The Morgan fingerprint density at radius 3 is 2.23 bits per heavy atom. The van der Waals surface area contributed by atoms with Crippen LogP contribution in [0.5, 0.6) is 0 Å². The van der Waals surface area contributed by atoms with Crippen molar-refractivity contribution in [3.63, 3.8) is 0 Å². The molecule has 1 aromatic carbocycles. The van der Waals surface area contributed by atoms with Crippen molar-refractivity contribution in [2.24, 2.45) is 5.92 Å². The Hall–Kier alpha value is -1.53. The lowest BCUT2D eigenvalue weighted by Gasteiger charge is -2.34. The van der Waals surface area contributed by atoms with E-state index in [0.29, 0.717) is 32.5 Å². The number of hydrogen-bond donors (Lipinski definition) is 2. The molecule has 1 atom stereocenters. The zero-order chi connectivity index (χ0) is 21.9. The number of hydrogen-bond acceptors (Lipinski definition) is 6. The minimum absolute atomic E-state index is 0.0326. The van der Waals surface area contributed by atoms with Crippen molar-refractivity contribution in [3.8, 4) is 0 Å². The van der Waals surface area contributed by atoms with Crippen molar-refractivity contribution in [1.29, 1.82) is 0 Å². The summed E-state index contributed by atoms with van der Waals surface area (Å²) in [5, 5.41) is 6.04. The van der Waals surface area contributed by atoms with E-state index in [9.17, 15) is 21.6 Å². The van der Waals surface area contributed by atoms with E-state index >= 15 is 0 Å². The monoisotopic (exact) mass is 458 g/mol. The summed E-state index contributed by atoms with van der Waals surface area (Å²) in [6.45, 7) is 6.14. The fourth-order valence-corrected chi connectivity index (χ4v) is 6.71. The first-order valence-electron chi connectivity index (χ1n) is 10.3. The number of piperidine rings is 1. The number of nitrogens with one attached hydrogen (secondary N) is 2. The third kappa shape index (κ3) is 4.70. The largest absolute Gasteiger partial charge is 0.351 e. The van der Waals surface area contributed by atoms with Crippen LogP contribution in [0.1, 0.15) is 26.7 Å². The first-order valence-corrected chi connectivity index (χ1v) is 13.2. The van der Waals surface area contributed by atoms with Crippen molar-refractivity contribution in [1.82, 2.24) is 19.2 Å². The number of benzene rings is 1. The molecular weight excluding hydrogens is 428 g/mol. The summed E-state index contributed by atoms with van der Waals surface area (Å²) in [4.78, 5) is 12.6. The van der Waals surface area contributed by atoms with Gasteiger partial charge >= 0.3 is 0 Å². The van der Waals surface area contributed by atoms with Crippen LogP contribution < -0.4 is 10.6 Å². The predicted octanol–water partition coefficient (Wildman–Crippen LogP) is 0.206.